The van der Waals surface area contributed by atoms with E-state index >= 15 is 0 Å². The van der Waals surface area contributed by atoms with Crippen LogP contribution in [0.5, 0.6) is 0 Å². The first-order valence-electron chi connectivity index (χ1n) is 7.82. The third kappa shape index (κ3) is 2.19. The van der Waals surface area contributed by atoms with E-state index in [-0.39, 0.29) is 5.63 Å². The van der Waals surface area contributed by atoms with Crippen LogP contribution in [0.25, 0.3) is 21.9 Å². The van der Waals surface area contributed by atoms with Gasteiger partial charge < -0.3 is 14.2 Å². The lowest BCUT2D eigenvalue weighted by Crippen LogP contribution is -1.99. The molecule has 0 unspecified atom stereocenters. The SMILES string of the molecule is Cc1cccc(Nc2coc3ccc4c(C)cc(=O)oc4c23)c1C. The molecule has 1 N–H and O–H groups in total. The molecule has 2 heterocycles. The number of furan rings is 1. The van der Waals surface area contributed by atoms with Gasteiger partial charge in [0.25, 0.3) is 0 Å². The van der Waals surface area contributed by atoms with Gasteiger partial charge in [0.2, 0.25) is 0 Å². The van der Waals surface area contributed by atoms with E-state index in [0.29, 0.717) is 11.2 Å². The fourth-order valence-electron chi connectivity index (χ4n) is 3.02. The summed E-state index contributed by atoms with van der Waals surface area (Å²) in [4.78, 5) is 11.8. The van der Waals surface area contributed by atoms with E-state index in [9.17, 15) is 4.79 Å². The Morgan fingerprint density at radius 2 is 1.79 bits per heavy atom. The molecule has 0 radical (unpaired) electrons. The number of nitrogens with one attached hydrogen (secondary N) is 1. The van der Waals surface area contributed by atoms with Crippen LogP contribution in [0.4, 0.5) is 11.4 Å². The molecule has 24 heavy (non-hydrogen) atoms. The van der Waals surface area contributed by atoms with Crippen molar-refractivity contribution in [3.63, 3.8) is 0 Å². The highest BCUT2D eigenvalue weighted by atomic mass is 16.4. The number of hydrogen-bond acceptors (Lipinski definition) is 4. The van der Waals surface area contributed by atoms with Gasteiger partial charge in [0, 0.05) is 17.1 Å². The minimum absolute atomic E-state index is 0.355. The second kappa shape index (κ2) is 5.27. The molecule has 120 valence electrons. The molecule has 0 saturated carbocycles. The highest BCUT2D eigenvalue weighted by molar-refractivity contribution is 6.10. The second-order valence-corrected chi connectivity index (χ2v) is 6.09. The Hall–Kier alpha value is -3.01. The molecule has 0 fully saturated rings. The Labute approximate surface area is 138 Å². The van der Waals surface area contributed by atoms with Crippen LogP contribution >= 0.6 is 0 Å². The summed E-state index contributed by atoms with van der Waals surface area (Å²) >= 11 is 0. The maximum atomic E-state index is 11.8. The zero-order chi connectivity index (χ0) is 16.8. The van der Waals surface area contributed by atoms with Gasteiger partial charge in [-0.15, -0.1) is 0 Å². The number of anilines is 2. The van der Waals surface area contributed by atoms with Gasteiger partial charge in [0.15, 0.2) is 5.58 Å². The molecule has 0 aliphatic rings. The summed E-state index contributed by atoms with van der Waals surface area (Å²) in [5, 5.41) is 5.11. The van der Waals surface area contributed by atoms with Crippen molar-refractivity contribution < 1.29 is 8.83 Å². The molecule has 2 aromatic heterocycles. The van der Waals surface area contributed by atoms with Crippen molar-refractivity contribution in [2.75, 3.05) is 5.32 Å². The van der Waals surface area contributed by atoms with Crippen LogP contribution in [0.15, 0.2) is 56.3 Å². The molecule has 4 aromatic rings. The summed E-state index contributed by atoms with van der Waals surface area (Å²) in [6, 6.07) is 11.4. The Morgan fingerprint density at radius 3 is 2.62 bits per heavy atom. The Kier molecular flexibility index (Phi) is 3.20. The van der Waals surface area contributed by atoms with Gasteiger partial charge in [-0.2, -0.15) is 0 Å². The summed E-state index contributed by atoms with van der Waals surface area (Å²) in [5.41, 5.74) is 5.95. The van der Waals surface area contributed by atoms with Crippen molar-refractivity contribution in [1.29, 1.82) is 0 Å². The van der Waals surface area contributed by atoms with E-state index in [1.54, 1.807) is 6.26 Å². The predicted molar refractivity (Wildman–Crippen MR) is 96.2 cm³/mol. The van der Waals surface area contributed by atoms with Crippen molar-refractivity contribution in [2.45, 2.75) is 20.8 Å². The molecule has 0 saturated heterocycles. The average Bonchev–Trinajstić information content (AvgIpc) is 2.95. The lowest BCUT2D eigenvalue weighted by atomic mass is 10.1. The maximum absolute atomic E-state index is 11.8. The zero-order valence-corrected chi connectivity index (χ0v) is 13.8. The molecule has 0 bridgehead atoms. The fraction of sp³-hybridized carbons (Fsp3) is 0.150. The predicted octanol–water partition coefficient (Wildman–Crippen LogP) is 5.21. The largest absolute Gasteiger partial charge is 0.462 e. The van der Waals surface area contributed by atoms with Crippen LogP contribution in [-0.4, -0.2) is 0 Å². The minimum Gasteiger partial charge on any atom is -0.462 e. The quantitative estimate of drug-likeness (QED) is 0.515. The first-order chi connectivity index (χ1) is 11.5. The molecular formula is C20H17NO3. The monoisotopic (exact) mass is 319 g/mol. The maximum Gasteiger partial charge on any atom is 0.336 e. The van der Waals surface area contributed by atoms with Crippen LogP contribution in [0.2, 0.25) is 0 Å². The average molecular weight is 319 g/mol. The third-order valence-corrected chi connectivity index (χ3v) is 4.53. The standard InChI is InChI=1S/C20H17NO3/c1-11-5-4-6-15(13(11)3)21-16-10-23-17-8-7-14-12(2)9-18(22)24-20(14)19(16)17/h4-10,21H,1-3H3. The third-order valence-electron chi connectivity index (χ3n) is 4.53. The van der Waals surface area contributed by atoms with Crippen LogP contribution in [-0.2, 0) is 0 Å². The van der Waals surface area contributed by atoms with Crippen LogP contribution < -0.4 is 10.9 Å². The highest BCUT2D eigenvalue weighted by Gasteiger charge is 2.15. The van der Waals surface area contributed by atoms with Crippen LogP contribution in [0.1, 0.15) is 16.7 Å². The number of fused-ring (bicyclic) bond motifs is 3. The summed E-state index contributed by atoms with van der Waals surface area (Å²) in [5.74, 6) is 0. The first-order valence-corrected chi connectivity index (χ1v) is 7.82. The minimum atomic E-state index is -0.355. The van der Waals surface area contributed by atoms with Gasteiger partial charge in [0.05, 0.1) is 11.1 Å². The Balaban J connectivity index is 1.98. The molecule has 0 aliphatic carbocycles. The summed E-state index contributed by atoms with van der Waals surface area (Å²) < 4.78 is 11.1. The first kappa shape index (κ1) is 14.6. The van der Waals surface area contributed by atoms with E-state index in [0.717, 1.165) is 27.7 Å². The molecular weight excluding hydrogens is 302 g/mol. The second-order valence-electron chi connectivity index (χ2n) is 6.09. The lowest BCUT2D eigenvalue weighted by Gasteiger charge is -2.10. The fourth-order valence-corrected chi connectivity index (χ4v) is 3.02. The molecule has 4 nitrogen and oxygen atoms in total. The van der Waals surface area contributed by atoms with Gasteiger partial charge in [0.1, 0.15) is 11.8 Å². The van der Waals surface area contributed by atoms with Gasteiger partial charge >= 0.3 is 5.63 Å². The van der Waals surface area contributed by atoms with E-state index < -0.39 is 0 Å². The van der Waals surface area contributed by atoms with Gasteiger partial charge in [-0.3, -0.25) is 0 Å². The molecule has 0 aliphatic heterocycles. The van der Waals surface area contributed by atoms with Crippen molar-refractivity contribution >= 4 is 33.3 Å². The summed E-state index contributed by atoms with van der Waals surface area (Å²) in [6.45, 7) is 6.05. The Morgan fingerprint density at radius 1 is 0.958 bits per heavy atom. The van der Waals surface area contributed by atoms with Crippen LogP contribution in [0, 0.1) is 20.8 Å². The highest BCUT2D eigenvalue weighted by Crippen LogP contribution is 2.35. The summed E-state index contributed by atoms with van der Waals surface area (Å²) in [6.07, 6.45) is 1.66. The molecule has 0 amide bonds. The van der Waals surface area contributed by atoms with E-state index in [2.05, 4.69) is 25.2 Å². The zero-order valence-electron chi connectivity index (χ0n) is 13.8. The number of benzene rings is 2. The number of aryl methyl sites for hydroxylation is 2. The van der Waals surface area contributed by atoms with Crippen molar-refractivity contribution in [3.8, 4) is 0 Å². The normalized spacial score (nSPS) is 11.3. The van der Waals surface area contributed by atoms with E-state index in [1.807, 2.05) is 31.2 Å². The molecule has 4 heteroatoms. The van der Waals surface area contributed by atoms with Gasteiger partial charge in [-0.05, 0) is 55.7 Å². The van der Waals surface area contributed by atoms with Gasteiger partial charge in [-0.1, -0.05) is 12.1 Å². The number of hydrogen-bond donors (Lipinski definition) is 1. The molecule has 4 rings (SSSR count). The van der Waals surface area contributed by atoms with E-state index in [1.165, 1.54) is 17.2 Å². The smallest absolute Gasteiger partial charge is 0.336 e. The van der Waals surface area contributed by atoms with Crippen molar-refractivity contribution in [3.05, 3.63) is 69.8 Å². The molecule has 0 atom stereocenters. The topological polar surface area (TPSA) is 55.4 Å². The van der Waals surface area contributed by atoms with Crippen LogP contribution in [0.3, 0.4) is 0 Å². The Bertz CT molecular complexity index is 1130. The molecule has 0 spiro atoms. The number of rotatable bonds is 2. The lowest BCUT2D eigenvalue weighted by molar-refractivity contribution is 0.562. The van der Waals surface area contributed by atoms with Crippen molar-refractivity contribution in [1.82, 2.24) is 0 Å². The molecule has 2 aromatic carbocycles. The van der Waals surface area contributed by atoms with Crippen molar-refractivity contribution in [2.24, 2.45) is 0 Å². The van der Waals surface area contributed by atoms with Gasteiger partial charge in [-0.25, -0.2) is 4.79 Å². The van der Waals surface area contributed by atoms with E-state index in [4.69, 9.17) is 8.83 Å². The summed E-state index contributed by atoms with van der Waals surface area (Å²) in [7, 11) is 0.